The molecule has 3 aromatic rings. The number of carbonyl (C=O) groups is 1. The van der Waals surface area contributed by atoms with Gasteiger partial charge in [-0.1, -0.05) is 46.7 Å². The number of nitrogens with zero attached hydrogens (tertiary/aromatic N) is 3. The second-order valence-electron chi connectivity index (χ2n) is 7.31. The monoisotopic (exact) mass is 499 g/mol. The Hall–Kier alpha value is -1.41. The highest BCUT2D eigenvalue weighted by Gasteiger charge is 2.24. The molecule has 31 heavy (non-hydrogen) atoms. The van der Waals surface area contributed by atoms with Crippen LogP contribution in [0.25, 0.3) is 10.2 Å². The maximum absolute atomic E-state index is 13.5. The molecule has 0 aliphatic carbocycles. The number of morpholine rings is 1. The van der Waals surface area contributed by atoms with E-state index < -0.39 is 0 Å². The van der Waals surface area contributed by atoms with Crippen molar-refractivity contribution in [2.45, 2.75) is 13.3 Å². The van der Waals surface area contributed by atoms with Gasteiger partial charge in [-0.2, -0.15) is 0 Å². The van der Waals surface area contributed by atoms with Crippen LogP contribution in [0.3, 0.4) is 0 Å². The fraction of sp³-hybridized carbons (Fsp3) is 0.364. The van der Waals surface area contributed by atoms with Gasteiger partial charge in [0.1, 0.15) is 0 Å². The van der Waals surface area contributed by atoms with Crippen molar-refractivity contribution in [2.24, 2.45) is 0 Å². The van der Waals surface area contributed by atoms with Gasteiger partial charge in [-0.3, -0.25) is 14.6 Å². The summed E-state index contributed by atoms with van der Waals surface area (Å²) >= 11 is 13.9. The van der Waals surface area contributed by atoms with E-state index in [0.29, 0.717) is 27.3 Å². The molecule has 1 amide bonds. The lowest BCUT2D eigenvalue weighted by Crippen LogP contribution is -2.39. The SMILES string of the molecule is Cc1cccc2sc(N(CCCN3CCOCC3)C(=O)c3ccc(Cl)cc3Cl)nc12.Cl. The fourth-order valence-electron chi connectivity index (χ4n) is 3.56. The van der Waals surface area contributed by atoms with Crippen molar-refractivity contribution in [3.05, 3.63) is 57.6 Å². The summed E-state index contributed by atoms with van der Waals surface area (Å²) in [7, 11) is 0. The van der Waals surface area contributed by atoms with Gasteiger partial charge in [0.2, 0.25) is 0 Å². The number of anilines is 1. The normalized spacial score (nSPS) is 14.4. The number of ether oxygens (including phenoxy) is 1. The molecule has 2 aromatic carbocycles. The van der Waals surface area contributed by atoms with Gasteiger partial charge in [-0.05, 0) is 43.2 Å². The van der Waals surface area contributed by atoms with E-state index in [9.17, 15) is 4.79 Å². The highest BCUT2D eigenvalue weighted by Crippen LogP contribution is 2.32. The van der Waals surface area contributed by atoms with Crippen molar-refractivity contribution >= 4 is 68.2 Å². The van der Waals surface area contributed by atoms with Crippen LogP contribution in [0.5, 0.6) is 0 Å². The van der Waals surface area contributed by atoms with E-state index in [0.717, 1.165) is 55.0 Å². The maximum Gasteiger partial charge on any atom is 0.261 e. The van der Waals surface area contributed by atoms with Crippen LogP contribution >= 0.6 is 46.9 Å². The Morgan fingerprint density at radius 1 is 1.23 bits per heavy atom. The minimum atomic E-state index is -0.157. The number of benzene rings is 2. The summed E-state index contributed by atoms with van der Waals surface area (Å²) in [5.41, 5.74) is 2.47. The standard InChI is InChI=1S/C22H23Cl2N3O2S.ClH/c1-15-4-2-5-19-20(15)25-22(30-19)27(9-3-8-26-10-12-29-13-11-26)21(28)17-7-6-16(23)14-18(17)24;/h2,4-7,14H,3,8-13H2,1H3;1H. The number of carbonyl (C=O) groups excluding carboxylic acids is 1. The summed E-state index contributed by atoms with van der Waals surface area (Å²) in [6.45, 7) is 6.89. The number of hydrogen-bond acceptors (Lipinski definition) is 5. The largest absolute Gasteiger partial charge is 0.379 e. The molecule has 1 aliphatic heterocycles. The number of halogens is 3. The Morgan fingerprint density at radius 2 is 2.00 bits per heavy atom. The van der Waals surface area contributed by atoms with Crippen molar-refractivity contribution in [2.75, 3.05) is 44.3 Å². The number of aromatic nitrogens is 1. The Balaban J connectivity index is 0.00000272. The number of amides is 1. The van der Waals surface area contributed by atoms with Crippen LogP contribution in [0.1, 0.15) is 22.3 Å². The zero-order chi connectivity index (χ0) is 21.1. The number of rotatable bonds is 6. The molecule has 0 saturated carbocycles. The molecule has 1 saturated heterocycles. The minimum Gasteiger partial charge on any atom is -0.379 e. The van der Waals surface area contributed by atoms with E-state index in [1.54, 1.807) is 23.1 Å². The van der Waals surface area contributed by atoms with Crippen LogP contribution in [0, 0.1) is 6.92 Å². The summed E-state index contributed by atoms with van der Waals surface area (Å²) in [6, 6.07) is 11.1. The smallest absolute Gasteiger partial charge is 0.261 e. The first-order valence-electron chi connectivity index (χ1n) is 9.96. The molecule has 1 aliphatic rings. The number of aryl methyl sites for hydroxylation is 1. The van der Waals surface area contributed by atoms with E-state index in [1.165, 1.54) is 11.3 Å². The van der Waals surface area contributed by atoms with Crippen LogP contribution in [0.4, 0.5) is 5.13 Å². The van der Waals surface area contributed by atoms with Crippen molar-refractivity contribution in [1.82, 2.24) is 9.88 Å². The van der Waals surface area contributed by atoms with Crippen molar-refractivity contribution < 1.29 is 9.53 Å². The predicted octanol–water partition coefficient (Wildman–Crippen LogP) is 5.70. The van der Waals surface area contributed by atoms with Gasteiger partial charge in [0.05, 0.1) is 34.0 Å². The molecule has 1 aromatic heterocycles. The molecule has 2 heterocycles. The van der Waals surface area contributed by atoms with E-state index in [-0.39, 0.29) is 18.3 Å². The predicted molar refractivity (Wildman–Crippen MR) is 132 cm³/mol. The molecular weight excluding hydrogens is 477 g/mol. The van der Waals surface area contributed by atoms with Gasteiger partial charge in [0.15, 0.2) is 5.13 Å². The molecule has 9 heteroatoms. The lowest BCUT2D eigenvalue weighted by atomic mass is 10.2. The van der Waals surface area contributed by atoms with Crippen molar-refractivity contribution in [3.8, 4) is 0 Å². The first kappa shape index (κ1) is 24.2. The third kappa shape index (κ3) is 5.69. The maximum atomic E-state index is 13.5. The molecule has 0 N–H and O–H groups in total. The number of fused-ring (bicyclic) bond motifs is 1. The van der Waals surface area contributed by atoms with Gasteiger partial charge in [-0.15, -0.1) is 12.4 Å². The second-order valence-corrected chi connectivity index (χ2v) is 9.16. The van der Waals surface area contributed by atoms with Gasteiger partial charge < -0.3 is 4.74 Å². The van der Waals surface area contributed by atoms with E-state index >= 15 is 0 Å². The quantitative estimate of drug-likeness (QED) is 0.435. The Morgan fingerprint density at radius 3 is 2.71 bits per heavy atom. The molecule has 5 nitrogen and oxygen atoms in total. The Bertz CT molecular complexity index is 1050. The van der Waals surface area contributed by atoms with Gasteiger partial charge in [-0.25, -0.2) is 4.98 Å². The van der Waals surface area contributed by atoms with E-state index in [1.807, 2.05) is 25.1 Å². The Labute approximate surface area is 202 Å². The summed E-state index contributed by atoms with van der Waals surface area (Å²) in [6.07, 6.45) is 0.839. The lowest BCUT2D eigenvalue weighted by molar-refractivity contribution is 0.0376. The van der Waals surface area contributed by atoms with Gasteiger partial charge in [0.25, 0.3) is 5.91 Å². The van der Waals surface area contributed by atoms with Crippen LogP contribution in [-0.4, -0.2) is 55.2 Å². The molecule has 166 valence electrons. The van der Waals surface area contributed by atoms with Crippen LogP contribution in [0.15, 0.2) is 36.4 Å². The van der Waals surface area contributed by atoms with Crippen molar-refractivity contribution in [3.63, 3.8) is 0 Å². The highest BCUT2D eigenvalue weighted by molar-refractivity contribution is 7.22. The average Bonchev–Trinajstić information content (AvgIpc) is 3.17. The zero-order valence-corrected chi connectivity index (χ0v) is 20.3. The topological polar surface area (TPSA) is 45.7 Å². The molecule has 0 spiro atoms. The molecule has 1 fully saturated rings. The highest BCUT2D eigenvalue weighted by atomic mass is 35.5. The molecular formula is C22H24Cl3N3O2S. The molecule has 0 radical (unpaired) electrons. The third-order valence-electron chi connectivity index (χ3n) is 5.21. The molecule has 0 atom stereocenters. The number of hydrogen-bond donors (Lipinski definition) is 0. The van der Waals surface area contributed by atoms with E-state index in [2.05, 4.69) is 4.90 Å². The molecule has 4 rings (SSSR count). The summed E-state index contributed by atoms with van der Waals surface area (Å²) < 4.78 is 6.49. The summed E-state index contributed by atoms with van der Waals surface area (Å²) in [5.74, 6) is -0.157. The van der Waals surface area contributed by atoms with Crippen LogP contribution in [-0.2, 0) is 4.74 Å². The number of thiazole rings is 1. The zero-order valence-electron chi connectivity index (χ0n) is 17.1. The van der Waals surface area contributed by atoms with Gasteiger partial charge in [0, 0.05) is 31.2 Å². The number of para-hydroxylation sites is 1. The van der Waals surface area contributed by atoms with Crippen molar-refractivity contribution in [1.29, 1.82) is 0 Å². The minimum absolute atomic E-state index is 0. The van der Waals surface area contributed by atoms with E-state index in [4.69, 9.17) is 32.9 Å². The van der Waals surface area contributed by atoms with Gasteiger partial charge >= 0.3 is 0 Å². The summed E-state index contributed by atoms with van der Waals surface area (Å²) in [5, 5.41) is 1.55. The molecule has 0 bridgehead atoms. The van der Waals surface area contributed by atoms with Crippen LogP contribution in [0.2, 0.25) is 10.0 Å². The third-order valence-corrected chi connectivity index (χ3v) is 6.80. The Kier molecular flexibility index (Phi) is 8.56. The lowest BCUT2D eigenvalue weighted by Gasteiger charge is -2.27. The molecule has 0 unspecified atom stereocenters. The summed E-state index contributed by atoms with van der Waals surface area (Å²) in [4.78, 5) is 22.4. The first-order valence-corrected chi connectivity index (χ1v) is 11.5. The van der Waals surface area contributed by atoms with Crippen LogP contribution < -0.4 is 4.90 Å². The first-order chi connectivity index (χ1) is 14.5. The average molecular weight is 501 g/mol. The fourth-order valence-corrected chi connectivity index (χ4v) is 5.12. The second kappa shape index (κ2) is 10.9.